The normalized spacial score (nSPS) is 17.8. The van der Waals surface area contributed by atoms with Crippen molar-refractivity contribution in [2.24, 2.45) is 9.98 Å². The van der Waals surface area contributed by atoms with Gasteiger partial charge in [-0.15, -0.1) is 0 Å². The Hall–Kier alpha value is -1.70. The second kappa shape index (κ2) is 10.1. The highest BCUT2D eigenvalue weighted by molar-refractivity contribution is 5.84. The van der Waals surface area contributed by atoms with Crippen molar-refractivity contribution in [3.63, 3.8) is 0 Å². The van der Waals surface area contributed by atoms with Crippen LogP contribution in [0.25, 0.3) is 0 Å². The Morgan fingerprint density at radius 2 is 2.05 bits per heavy atom. The molecule has 0 N–H and O–H groups in total. The molecule has 0 aliphatic carbocycles. The molecule has 0 aromatic carbocycles. The van der Waals surface area contributed by atoms with Crippen LogP contribution in [-0.4, -0.2) is 18.6 Å². The minimum absolute atomic E-state index is 0.0810. The van der Waals surface area contributed by atoms with E-state index < -0.39 is 0 Å². The van der Waals surface area contributed by atoms with E-state index in [1.165, 1.54) is 30.4 Å². The van der Waals surface area contributed by atoms with Gasteiger partial charge in [0.05, 0.1) is 0 Å². The maximum Gasteiger partial charge on any atom is 0.110 e. The lowest BCUT2D eigenvalue weighted by Gasteiger charge is -2.08. The van der Waals surface area contributed by atoms with Crippen molar-refractivity contribution in [1.29, 1.82) is 0 Å². The van der Waals surface area contributed by atoms with Crippen molar-refractivity contribution in [2.75, 3.05) is 0 Å². The summed E-state index contributed by atoms with van der Waals surface area (Å²) in [5.41, 5.74) is 3.81. The third-order valence-electron chi connectivity index (χ3n) is 3.59. The number of rotatable bonds is 10. The van der Waals surface area contributed by atoms with Crippen LogP contribution in [-0.2, 0) is 0 Å². The first kappa shape index (κ1) is 17.4. The van der Waals surface area contributed by atoms with Gasteiger partial charge in [0.15, 0.2) is 0 Å². The fraction of sp³-hybridized carbons (Fsp3) is 0.474. The molecule has 2 heteroatoms. The van der Waals surface area contributed by atoms with E-state index in [1.54, 1.807) is 6.34 Å². The molecule has 0 bridgehead atoms. The Morgan fingerprint density at radius 3 is 2.71 bits per heavy atom. The molecule has 1 unspecified atom stereocenters. The average molecular weight is 284 g/mol. The molecule has 1 atom stereocenters. The van der Waals surface area contributed by atoms with Crippen molar-refractivity contribution in [2.45, 2.75) is 58.4 Å². The van der Waals surface area contributed by atoms with Crippen LogP contribution in [0.1, 0.15) is 52.4 Å². The number of nitrogens with zero attached hydrogens (tertiary/aromatic N) is 2. The maximum absolute atomic E-state index is 4.23. The molecule has 0 spiro atoms. The van der Waals surface area contributed by atoms with Gasteiger partial charge >= 0.3 is 0 Å². The molecule has 0 radical (unpaired) electrons. The average Bonchev–Trinajstić information content (AvgIpc) is 3.01. The third-order valence-corrected chi connectivity index (χ3v) is 3.59. The van der Waals surface area contributed by atoms with Gasteiger partial charge in [0.2, 0.25) is 0 Å². The first-order valence-corrected chi connectivity index (χ1v) is 7.85. The molecule has 0 fully saturated rings. The summed E-state index contributed by atoms with van der Waals surface area (Å²) in [6.45, 7) is 12.6. The number of allylic oxidation sites excluding steroid dienone is 5. The highest BCUT2D eigenvalue weighted by Crippen LogP contribution is 2.17. The molecular formula is C19H28N2. The van der Waals surface area contributed by atoms with Crippen LogP contribution in [0.3, 0.4) is 0 Å². The van der Waals surface area contributed by atoms with Crippen molar-refractivity contribution < 1.29 is 0 Å². The van der Waals surface area contributed by atoms with E-state index in [9.17, 15) is 0 Å². The maximum atomic E-state index is 4.23. The van der Waals surface area contributed by atoms with E-state index >= 15 is 0 Å². The third kappa shape index (κ3) is 7.60. The second-order valence-electron chi connectivity index (χ2n) is 5.66. The van der Waals surface area contributed by atoms with Gasteiger partial charge in [-0.05, 0) is 44.6 Å². The molecule has 21 heavy (non-hydrogen) atoms. The van der Waals surface area contributed by atoms with E-state index in [-0.39, 0.29) is 6.04 Å². The predicted octanol–water partition coefficient (Wildman–Crippen LogP) is 5.44. The topological polar surface area (TPSA) is 24.7 Å². The van der Waals surface area contributed by atoms with Gasteiger partial charge in [-0.25, -0.2) is 4.99 Å². The molecule has 1 heterocycles. The summed E-state index contributed by atoms with van der Waals surface area (Å²) in [5.74, 6) is 0. The number of aliphatic imine (C=N–C) groups is 2. The minimum Gasteiger partial charge on any atom is -0.260 e. The van der Waals surface area contributed by atoms with Crippen molar-refractivity contribution >= 4 is 12.6 Å². The SMILES string of the molecule is C=C(C/C=C\C=C(/C)CCCC)CCC(=C)C1C=NC=N1. The highest BCUT2D eigenvalue weighted by Gasteiger charge is 2.10. The highest BCUT2D eigenvalue weighted by atomic mass is 14.9. The Balaban J connectivity index is 2.20. The summed E-state index contributed by atoms with van der Waals surface area (Å²) in [7, 11) is 0. The zero-order valence-electron chi connectivity index (χ0n) is 13.5. The van der Waals surface area contributed by atoms with Crippen LogP contribution in [0.5, 0.6) is 0 Å². The van der Waals surface area contributed by atoms with Gasteiger partial charge in [-0.3, -0.25) is 4.99 Å². The molecule has 0 amide bonds. The fourth-order valence-electron chi connectivity index (χ4n) is 2.07. The molecule has 114 valence electrons. The van der Waals surface area contributed by atoms with Crippen LogP contribution in [0.15, 0.2) is 58.1 Å². The van der Waals surface area contributed by atoms with Gasteiger partial charge in [-0.1, -0.05) is 55.9 Å². The minimum atomic E-state index is 0.0810. The Labute approximate surface area is 129 Å². The smallest absolute Gasteiger partial charge is 0.110 e. The van der Waals surface area contributed by atoms with Gasteiger partial charge in [0, 0.05) is 6.21 Å². The summed E-state index contributed by atoms with van der Waals surface area (Å²) in [5, 5.41) is 0. The van der Waals surface area contributed by atoms with Gasteiger partial charge in [0.25, 0.3) is 0 Å². The van der Waals surface area contributed by atoms with Crippen LogP contribution in [0, 0.1) is 0 Å². The van der Waals surface area contributed by atoms with Gasteiger partial charge in [0.1, 0.15) is 12.4 Å². The predicted molar refractivity (Wildman–Crippen MR) is 95.3 cm³/mol. The molecule has 2 nitrogen and oxygen atoms in total. The van der Waals surface area contributed by atoms with E-state index in [0.717, 1.165) is 24.8 Å². The number of hydrogen-bond donors (Lipinski definition) is 0. The molecule has 0 saturated carbocycles. The van der Waals surface area contributed by atoms with Crippen molar-refractivity contribution in [1.82, 2.24) is 0 Å². The quantitative estimate of drug-likeness (QED) is 0.377. The molecular weight excluding hydrogens is 256 g/mol. The molecule has 1 aliphatic heterocycles. The fourth-order valence-corrected chi connectivity index (χ4v) is 2.07. The molecule has 0 aromatic heterocycles. The Bertz CT molecular complexity index is 452. The number of unbranched alkanes of at least 4 members (excludes halogenated alkanes) is 1. The van der Waals surface area contributed by atoms with E-state index in [0.29, 0.717) is 0 Å². The lowest BCUT2D eigenvalue weighted by Crippen LogP contribution is -2.06. The lowest BCUT2D eigenvalue weighted by molar-refractivity contribution is 0.787. The van der Waals surface area contributed by atoms with Crippen molar-refractivity contribution in [3.05, 3.63) is 48.1 Å². The molecule has 1 aliphatic rings. The van der Waals surface area contributed by atoms with Crippen LogP contribution >= 0.6 is 0 Å². The summed E-state index contributed by atoms with van der Waals surface area (Å²) < 4.78 is 0. The zero-order chi connectivity index (χ0) is 15.5. The first-order chi connectivity index (χ1) is 10.1. The lowest BCUT2D eigenvalue weighted by atomic mass is 10.0. The van der Waals surface area contributed by atoms with Crippen LogP contribution in [0.2, 0.25) is 0 Å². The summed E-state index contributed by atoms with van der Waals surface area (Å²) in [6, 6.07) is 0.0810. The molecule has 1 rings (SSSR count). The second-order valence-corrected chi connectivity index (χ2v) is 5.66. The first-order valence-electron chi connectivity index (χ1n) is 7.85. The zero-order valence-corrected chi connectivity index (χ0v) is 13.5. The van der Waals surface area contributed by atoms with Gasteiger partial charge in [-0.2, -0.15) is 0 Å². The van der Waals surface area contributed by atoms with Crippen LogP contribution < -0.4 is 0 Å². The Kier molecular flexibility index (Phi) is 8.34. The summed E-state index contributed by atoms with van der Waals surface area (Å²) in [4.78, 5) is 8.23. The largest absolute Gasteiger partial charge is 0.260 e. The van der Waals surface area contributed by atoms with Crippen molar-refractivity contribution in [3.8, 4) is 0 Å². The summed E-state index contributed by atoms with van der Waals surface area (Å²) in [6.07, 6.45) is 16.6. The Morgan fingerprint density at radius 1 is 1.24 bits per heavy atom. The van der Waals surface area contributed by atoms with E-state index in [2.05, 4.69) is 55.2 Å². The molecule has 0 aromatic rings. The summed E-state index contributed by atoms with van der Waals surface area (Å²) >= 11 is 0. The number of hydrogen-bond acceptors (Lipinski definition) is 2. The van der Waals surface area contributed by atoms with E-state index in [4.69, 9.17) is 0 Å². The monoisotopic (exact) mass is 284 g/mol. The standard InChI is InChI=1S/C19H28N2/c1-5-6-9-16(2)10-7-8-11-17(3)12-13-18(4)19-14-20-15-21-19/h7-8,10,14-15,19H,3-6,9,11-13H2,1-2H3/b8-7-,16-10+. The van der Waals surface area contributed by atoms with Gasteiger partial charge < -0.3 is 0 Å². The van der Waals surface area contributed by atoms with E-state index in [1.807, 2.05) is 6.21 Å². The van der Waals surface area contributed by atoms with Crippen LogP contribution in [0.4, 0.5) is 0 Å². The molecule has 0 saturated heterocycles.